The second-order valence-electron chi connectivity index (χ2n) is 7.11. The van der Waals surface area contributed by atoms with Crippen LogP contribution in [0.1, 0.15) is 110 Å². The number of carbonyl (C=O) groups excluding carboxylic acids is 1. The van der Waals surface area contributed by atoms with E-state index in [9.17, 15) is 4.79 Å². The summed E-state index contributed by atoms with van der Waals surface area (Å²) in [5.74, 6) is 0.860. The van der Waals surface area contributed by atoms with Crippen molar-refractivity contribution in [2.45, 2.75) is 110 Å². The summed E-state index contributed by atoms with van der Waals surface area (Å²) in [7, 11) is 0. The zero-order chi connectivity index (χ0) is 17.9. The summed E-state index contributed by atoms with van der Waals surface area (Å²) in [6, 6.07) is 0. The Morgan fingerprint density at radius 3 is 2.21 bits per heavy atom. The molecule has 1 unspecified atom stereocenters. The topological polar surface area (TPSA) is 26.3 Å². The first-order chi connectivity index (χ1) is 11.7. The highest BCUT2D eigenvalue weighted by Gasteiger charge is 2.09. The fourth-order valence-corrected chi connectivity index (χ4v) is 3.14. The third-order valence-electron chi connectivity index (χ3n) is 4.74. The third kappa shape index (κ3) is 16.1. The van der Waals surface area contributed by atoms with E-state index in [0.29, 0.717) is 13.0 Å². The Morgan fingerprint density at radius 1 is 0.875 bits per heavy atom. The summed E-state index contributed by atoms with van der Waals surface area (Å²) in [5, 5.41) is 0. The number of unbranched alkanes of at least 4 members (excludes halogenated alkanes) is 7. The number of ether oxygens (including phenoxy) is 1. The average molecular weight is 339 g/mol. The SMILES string of the molecule is C=CCCCCOC(=O)CCCCC(CCCC)CCCCCC. The smallest absolute Gasteiger partial charge is 0.305 e. The van der Waals surface area contributed by atoms with Gasteiger partial charge < -0.3 is 4.74 Å². The predicted octanol–water partition coefficient (Wildman–Crippen LogP) is 7.22. The van der Waals surface area contributed by atoms with Crippen LogP contribution in [0.4, 0.5) is 0 Å². The molecule has 0 aromatic rings. The molecule has 0 bridgehead atoms. The molecule has 0 rings (SSSR count). The number of esters is 1. The molecule has 0 aliphatic carbocycles. The molecule has 0 aromatic carbocycles. The molecule has 0 aliphatic heterocycles. The number of hydrogen-bond acceptors (Lipinski definition) is 2. The quantitative estimate of drug-likeness (QED) is 0.150. The molecule has 1 atom stereocenters. The highest BCUT2D eigenvalue weighted by Crippen LogP contribution is 2.23. The molecule has 2 nitrogen and oxygen atoms in total. The van der Waals surface area contributed by atoms with Gasteiger partial charge in [0.2, 0.25) is 0 Å². The molecule has 0 saturated carbocycles. The van der Waals surface area contributed by atoms with E-state index < -0.39 is 0 Å². The summed E-state index contributed by atoms with van der Waals surface area (Å²) in [5.41, 5.74) is 0. The van der Waals surface area contributed by atoms with Crippen molar-refractivity contribution in [3.05, 3.63) is 12.7 Å². The normalized spacial score (nSPS) is 12.1. The molecule has 0 aliphatic rings. The fourth-order valence-electron chi connectivity index (χ4n) is 3.14. The number of allylic oxidation sites excluding steroid dienone is 1. The van der Waals surface area contributed by atoms with Crippen LogP contribution in [0.2, 0.25) is 0 Å². The van der Waals surface area contributed by atoms with E-state index in [1.54, 1.807) is 0 Å². The Hall–Kier alpha value is -0.790. The van der Waals surface area contributed by atoms with Gasteiger partial charge in [0.15, 0.2) is 0 Å². The van der Waals surface area contributed by atoms with Gasteiger partial charge in [-0.3, -0.25) is 4.79 Å². The van der Waals surface area contributed by atoms with E-state index in [1.807, 2.05) is 6.08 Å². The van der Waals surface area contributed by atoms with E-state index >= 15 is 0 Å². The zero-order valence-corrected chi connectivity index (χ0v) is 16.5. The lowest BCUT2D eigenvalue weighted by atomic mass is 9.90. The summed E-state index contributed by atoms with van der Waals surface area (Å²) < 4.78 is 5.28. The standard InChI is InChI=1S/C22H42O2/c1-4-7-10-12-17-21(16-9-6-3)18-13-14-19-22(23)24-20-15-11-8-5-2/h5,21H,2,4,6-20H2,1,3H3. The van der Waals surface area contributed by atoms with Crippen LogP contribution in [0.3, 0.4) is 0 Å². The van der Waals surface area contributed by atoms with Gasteiger partial charge in [0.1, 0.15) is 0 Å². The molecule has 0 aromatic heterocycles. The van der Waals surface area contributed by atoms with E-state index in [0.717, 1.165) is 31.6 Å². The molecule has 0 saturated heterocycles. The third-order valence-corrected chi connectivity index (χ3v) is 4.74. The highest BCUT2D eigenvalue weighted by molar-refractivity contribution is 5.69. The second kappa shape index (κ2) is 18.5. The summed E-state index contributed by atoms with van der Waals surface area (Å²) in [6.45, 7) is 8.82. The van der Waals surface area contributed by atoms with Gasteiger partial charge in [0.05, 0.1) is 6.61 Å². The fraction of sp³-hybridized carbons (Fsp3) is 0.864. The Bertz CT molecular complexity index is 286. The van der Waals surface area contributed by atoms with Crippen LogP contribution >= 0.6 is 0 Å². The molecule has 0 amide bonds. The van der Waals surface area contributed by atoms with Gasteiger partial charge in [0, 0.05) is 6.42 Å². The maximum absolute atomic E-state index is 11.7. The van der Waals surface area contributed by atoms with Gasteiger partial charge in [-0.2, -0.15) is 0 Å². The molecule has 0 fully saturated rings. The molecule has 0 spiro atoms. The average Bonchev–Trinajstić information content (AvgIpc) is 2.59. The van der Waals surface area contributed by atoms with E-state index in [2.05, 4.69) is 20.4 Å². The number of rotatable bonds is 18. The van der Waals surface area contributed by atoms with Gasteiger partial charge in [0.25, 0.3) is 0 Å². The van der Waals surface area contributed by atoms with Crippen LogP contribution in [0.15, 0.2) is 12.7 Å². The van der Waals surface area contributed by atoms with Gasteiger partial charge >= 0.3 is 5.97 Å². The molecule has 2 heteroatoms. The number of hydrogen-bond donors (Lipinski definition) is 0. The van der Waals surface area contributed by atoms with Crippen molar-refractivity contribution in [3.63, 3.8) is 0 Å². The van der Waals surface area contributed by atoms with Gasteiger partial charge in [-0.1, -0.05) is 84.1 Å². The van der Waals surface area contributed by atoms with Crippen LogP contribution in [0, 0.1) is 5.92 Å². The van der Waals surface area contributed by atoms with Gasteiger partial charge in [-0.15, -0.1) is 6.58 Å². The van der Waals surface area contributed by atoms with Crippen molar-refractivity contribution in [3.8, 4) is 0 Å². The minimum atomic E-state index is -0.0124. The van der Waals surface area contributed by atoms with Crippen LogP contribution in [-0.2, 0) is 9.53 Å². The van der Waals surface area contributed by atoms with Gasteiger partial charge in [-0.25, -0.2) is 0 Å². The van der Waals surface area contributed by atoms with Gasteiger partial charge in [-0.05, 0) is 31.6 Å². The van der Waals surface area contributed by atoms with Crippen LogP contribution in [-0.4, -0.2) is 12.6 Å². The van der Waals surface area contributed by atoms with E-state index in [4.69, 9.17) is 4.74 Å². The van der Waals surface area contributed by atoms with Crippen molar-refractivity contribution >= 4 is 5.97 Å². The maximum Gasteiger partial charge on any atom is 0.305 e. The largest absolute Gasteiger partial charge is 0.466 e. The molecule has 0 heterocycles. The second-order valence-corrected chi connectivity index (χ2v) is 7.11. The molecular weight excluding hydrogens is 296 g/mol. The van der Waals surface area contributed by atoms with Crippen molar-refractivity contribution in [1.82, 2.24) is 0 Å². The lowest BCUT2D eigenvalue weighted by Crippen LogP contribution is -2.06. The zero-order valence-electron chi connectivity index (χ0n) is 16.5. The first kappa shape index (κ1) is 23.2. The maximum atomic E-state index is 11.7. The Labute approximate surface area is 151 Å². The monoisotopic (exact) mass is 338 g/mol. The van der Waals surface area contributed by atoms with Crippen molar-refractivity contribution in [2.24, 2.45) is 5.92 Å². The number of carbonyl (C=O) groups is 1. The molecular formula is C22H42O2. The van der Waals surface area contributed by atoms with E-state index in [1.165, 1.54) is 64.2 Å². The molecule has 0 N–H and O–H groups in total. The highest BCUT2D eigenvalue weighted by atomic mass is 16.5. The molecule has 0 radical (unpaired) electrons. The molecule has 24 heavy (non-hydrogen) atoms. The Kier molecular flexibility index (Phi) is 17.9. The first-order valence-corrected chi connectivity index (χ1v) is 10.5. The van der Waals surface area contributed by atoms with Crippen molar-refractivity contribution in [2.75, 3.05) is 6.61 Å². The lowest BCUT2D eigenvalue weighted by Gasteiger charge is -2.16. The predicted molar refractivity (Wildman–Crippen MR) is 105 cm³/mol. The lowest BCUT2D eigenvalue weighted by molar-refractivity contribution is -0.143. The van der Waals surface area contributed by atoms with Crippen LogP contribution in [0.25, 0.3) is 0 Å². The summed E-state index contributed by atoms with van der Waals surface area (Å²) in [6.07, 6.45) is 19.9. The summed E-state index contributed by atoms with van der Waals surface area (Å²) in [4.78, 5) is 11.7. The summed E-state index contributed by atoms with van der Waals surface area (Å²) >= 11 is 0. The minimum absolute atomic E-state index is 0.0124. The van der Waals surface area contributed by atoms with Crippen molar-refractivity contribution < 1.29 is 9.53 Å². The Morgan fingerprint density at radius 2 is 1.54 bits per heavy atom. The minimum Gasteiger partial charge on any atom is -0.466 e. The molecule has 142 valence electrons. The van der Waals surface area contributed by atoms with Crippen molar-refractivity contribution in [1.29, 1.82) is 0 Å². The van der Waals surface area contributed by atoms with Crippen LogP contribution in [0.5, 0.6) is 0 Å². The Balaban J connectivity index is 3.68. The van der Waals surface area contributed by atoms with E-state index in [-0.39, 0.29) is 5.97 Å². The first-order valence-electron chi connectivity index (χ1n) is 10.5. The van der Waals surface area contributed by atoms with Crippen LogP contribution < -0.4 is 0 Å².